The van der Waals surface area contributed by atoms with Crippen molar-refractivity contribution >= 4 is 5.97 Å². The summed E-state index contributed by atoms with van der Waals surface area (Å²) >= 11 is 0. The molecule has 104 valence electrons. The Morgan fingerprint density at radius 1 is 1.10 bits per heavy atom. The lowest BCUT2D eigenvalue weighted by Gasteiger charge is -2.15. The van der Waals surface area contributed by atoms with Crippen LogP contribution in [0.3, 0.4) is 0 Å². The third-order valence-corrected chi connectivity index (χ3v) is 2.72. The SMILES string of the molecule is O=C(O)C(Cc1ccc(O)cc1)Oc1ccc(F)cc1. The van der Waals surface area contributed by atoms with Crippen LogP contribution in [0, 0.1) is 5.82 Å². The van der Waals surface area contributed by atoms with E-state index in [0.29, 0.717) is 0 Å². The van der Waals surface area contributed by atoms with Crippen LogP contribution in [-0.2, 0) is 11.2 Å². The number of ether oxygens (including phenoxy) is 1. The Bertz CT molecular complexity index is 530. The number of hydrogen-bond donors (Lipinski definition) is 2. The zero-order chi connectivity index (χ0) is 14.5. The van der Waals surface area contributed by atoms with E-state index < -0.39 is 17.9 Å². The average molecular weight is 276 g/mol. The number of phenols is 1. The lowest BCUT2D eigenvalue weighted by Crippen LogP contribution is -2.29. The number of carbonyl (C=O) groups is 1. The van der Waals surface area contributed by atoms with Crippen molar-refractivity contribution in [2.45, 2.75) is 12.5 Å². The highest BCUT2D eigenvalue weighted by Gasteiger charge is 2.20. The van der Waals surface area contributed by atoms with Crippen LogP contribution >= 0.6 is 0 Å². The second-order valence-corrected chi connectivity index (χ2v) is 4.27. The molecule has 0 aliphatic rings. The summed E-state index contributed by atoms with van der Waals surface area (Å²) in [7, 11) is 0. The molecule has 2 aromatic carbocycles. The summed E-state index contributed by atoms with van der Waals surface area (Å²) in [5, 5.41) is 18.3. The monoisotopic (exact) mass is 276 g/mol. The normalized spacial score (nSPS) is 11.8. The fraction of sp³-hybridized carbons (Fsp3) is 0.133. The van der Waals surface area contributed by atoms with Gasteiger partial charge in [-0.3, -0.25) is 0 Å². The maximum atomic E-state index is 12.8. The number of carboxylic acid groups (broad SMARTS) is 1. The largest absolute Gasteiger partial charge is 0.508 e. The number of hydrogen-bond acceptors (Lipinski definition) is 3. The second kappa shape index (κ2) is 6.06. The first-order valence-electron chi connectivity index (χ1n) is 5.97. The van der Waals surface area contributed by atoms with Crippen LogP contribution < -0.4 is 4.74 Å². The summed E-state index contributed by atoms with van der Waals surface area (Å²) in [4.78, 5) is 11.2. The van der Waals surface area contributed by atoms with E-state index >= 15 is 0 Å². The summed E-state index contributed by atoms with van der Waals surface area (Å²) in [6.45, 7) is 0. The van der Waals surface area contributed by atoms with E-state index in [1.807, 2.05) is 0 Å². The minimum Gasteiger partial charge on any atom is -0.508 e. The predicted molar refractivity (Wildman–Crippen MR) is 70.3 cm³/mol. The van der Waals surface area contributed by atoms with E-state index in [1.54, 1.807) is 12.1 Å². The molecule has 0 aromatic heterocycles. The van der Waals surface area contributed by atoms with Crippen LogP contribution in [0.1, 0.15) is 5.56 Å². The van der Waals surface area contributed by atoms with Gasteiger partial charge in [0.1, 0.15) is 17.3 Å². The van der Waals surface area contributed by atoms with E-state index in [-0.39, 0.29) is 17.9 Å². The first-order chi connectivity index (χ1) is 9.54. The van der Waals surface area contributed by atoms with Crippen molar-refractivity contribution in [3.63, 3.8) is 0 Å². The molecule has 20 heavy (non-hydrogen) atoms. The van der Waals surface area contributed by atoms with E-state index in [0.717, 1.165) is 5.56 Å². The smallest absolute Gasteiger partial charge is 0.345 e. The molecular weight excluding hydrogens is 263 g/mol. The molecule has 0 heterocycles. The number of aromatic hydroxyl groups is 1. The molecule has 1 atom stereocenters. The van der Waals surface area contributed by atoms with E-state index in [4.69, 9.17) is 9.84 Å². The van der Waals surface area contributed by atoms with E-state index in [1.165, 1.54) is 36.4 Å². The average Bonchev–Trinajstić information content (AvgIpc) is 2.42. The highest BCUT2D eigenvalue weighted by Crippen LogP contribution is 2.17. The van der Waals surface area contributed by atoms with Crippen molar-refractivity contribution in [2.75, 3.05) is 0 Å². The Morgan fingerprint density at radius 2 is 1.70 bits per heavy atom. The van der Waals surface area contributed by atoms with Gasteiger partial charge in [-0.15, -0.1) is 0 Å². The van der Waals surface area contributed by atoms with Crippen LogP contribution in [0.5, 0.6) is 11.5 Å². The molecule has 0 spiro atoms. The van der Waals surface area contributed by atoms with Gasteiger partial charge in [-0.05, 0) is 42.0 Å². The quantitative estimate of drug-likeness (QED) is 0.881. The van der Waals surface area contributed by atoms with Crippen LogP contribution in [0.4, 0.5) is 4.39 Å². The summed E-state index contributed by atoms with van der Waals surface area (Å²) in [5.41, 5.74) is 0.720. The van der Waals surface area contributed by atoms with Crippen molar-refractivity contribution < 1.29 is 24.1 Å². The molecule has 0 saturated heterocycles. The predicted octanol–water partition coefficient (Wildman–Crippen LogP) is 2.61. The van der Waals surface area contributed by atoms with Crippen molar-refractivity contribution in [1.29, 1.82) is 0 Å². The lowest BCUT2D eigenvalue weighted by atomic mass is 10.1. The first-order valence-corrected chi connectivity index (χ1v) is 5.97. The van der Waals surface area contributed by atoms with Gasteiger partial charge in [0.15, 0.2) is 6.10 Å². The van der Waals surface area contributed by atoms with Gasteiger partial charge >= 0.3 is 5.97 Å². The Hall–Kier alpha value is -2.56. The molecule has 2 N–H and O–H groups in total. The third-order valence-electron chi connectivity index (χ3n) is 2.72. The minimum atomic E-state index is -1.11. The van der Waals surface area contributed by atoms with Crippen LogP contribution in [-0.4, -0.2) is 22.3 Å². The Balaban J connectivity index is 2.09. The van der Waals surface area contributed by atoms with Gasteiger partial charge in [0.05, 0.1) is 0 Å². The summed E-state index contributed by atoms with van der Waals surface area (Å²) in [5.74, 6) is -1.12. The van der Waals surface area contributed by atoms with Gasteiger partial charge in [-0.1, -0.05) is 12.1 Å². The van der Waals surface area contributed by atoms with Gasteiger partial charge in [-0.25, -0.2) is 9.18 Å². The van der Waals surface area contributed by atoms with Crippen LogP contribution in [0.2, 0.25) is 0 Å². The molecule has 0 aliphatic heterocycles. The fourth-order valence-electron chi connectivity index (χ4n) is 1.70. The molecule has 1 unspecified atom stereocenters. The number of rotatable bonds is 5. The summed E-state index contributed by atoms with van der Waals surface area (Å²) < 4.78 is 18.1. The molecule has 4 nitrogen and oxygen atoms in total. The molecule has 0 radical (unpaired) electrons. The van der Waals surface area contributed by atoms with Crippen LogP contribution in [0.25, 0.3) is 0 Å². The molecule has 2 aromatic rings. The number of halogens is 1. The number of benzene rings is 2. The molecule has 0 bridgehead atoms. The zero-order valence-corrected chi connectivity index (χ0v) is 10.5. The lowest BCUT2D eigenvalue weighted by molar-refractivity contribution is -0.145. The zero-order valence-electron chi connectivity index (χ0n) is 10.5. The van der Waals surface area contributed by atoms with Gasteiger partial charge in [0.25, 0.3) is 0 Å². The molecule has 0 fully saturated rings. The molecule has 0 amide bonds. The van der Waals surface area contributed by atoms with Crippen molar-refractivity contribution in [3.8, 4) is 11.5 Å². The molecular formula is C15H13FO4. The van der Waals surface area contributed by atoms with Gasteiger partial charge < -0.3 is 14.9 Å². The van der Waals surface area contributed by atoms with E-state index in [9.17, 15) is 14.3 Å². The highest BCUT2D eigenvalue weighted by atomic mass is 19.1. The molecule has 2 rings (SSSR count). The number of carboxylic acids is 1. The van der Waals surface area contributed by atoms with Gasteiger partial charge in [-0.2, -0.15) is 0 Å². The highest BCUT2D eigenvalue weighted by molar-refractivity contribution is 5.73. The van der Waals surface area contributed by atoms with Crippen molar-refractivity contribution in [2.24, 2.45) is 0 Å². The molecule has 0 aliphatic carbocycles. The standard InChI is InChI=1S/C15H13FO4/c16-11-3-7-13(8-4-11)20-14(15(18)19)9-10-1-5-12(17)6-2-10/h1-8,14,17H,9H2,(H,18,19). The number of phenolic OH excluding ortho intramolecular Hbond substituents is 1. The maximum absolute atomic E-state index is 12.8. The minimum absolute atomic E-state index is 0.111. The Morgan fingerprint density at radius 3 is 2.25 bits per heavy atom. The Kier molecular flexibility index (Phi) is 4.20. The molecule has 5 heteroatoms. The van der Waals surface area contributed by atoms with Gasteiger partial charge in [0.2, 0.25) is 0 Å². The van der Waals surface area contributed by atoms with Crippen molar-refractivity contribution in [1.82, 2.24) is 0 Å². The van der Waals surface area contributed by atoms with Crippen LogP contribution in [0.15, 0.2) is 48.5 Å². The maximum Gasteiger partial charge on any atom is 0.345 e. The summed E-state index contributed by atoms with van der Waals surface area (Å²) in [6, 6.07) is 11.4. The third kappa shape index (κ3) is 3.71. The van der Waals surface area contributed by atoms with Crippen molar-refractivity contribution in [3.05, 3.63) is 59.9 Å². The fourth-order valence-corrected chi connectivity index (χ4v) is 1.70. The second-order valence-electron chi connectivity index (χ2n) is 4.27. The first kappa shape index (κ1) is 13.9. The number of aliphatic carboxylic acids is 1. The van der Waals surface area contributed by atoms with Gasteiger partial charge in [0, 0.05) is 6.42 Å². The Labute approximate surface area is 115 Å². The van der Waals surface area contributed by atoms with E-state index in [2.05, 4.69) is 0 Å². The summed E-state index contributed by atoms with van der Waals surface area (Å²) in [6.07, 6.45) is -0.933. The molecule has 0 saturated carbocycles. The topological polar surface area (TPSA) is 66.8 Å².